The molecule has 10 heteroatoms. The van der Waals surface area contributed by atoms with E-state index in [-0.39, 0.29) is 17.2 Å². The van der Waals surface area contributed by atoms with E-state index in [1.165, 1.54) is 31.5 Å². The Labute approximate surface area is 213 Å². The summed E-state index contributed by atoms with van der Waals surface area (Å²) in [6.07, 6.45) is 3.26. The lowest BCUT2D eigenvalue weighted by atomic mass is 10.2. The van der Waals surface area contributed by atoms with E-state index in [2.05, 4.69) is 22.8 Å². The minimum Gasteiger partial charge on any atom is -0.494 e. The second-order valence-electron chi connectivity index (χ2n) is 7.69. The van der Waals surface area contributed by atoms with Crippen LogP contribution >= 0.6 is 0 Å². The molecule has 0 aliphatic heterocycles. The van der Waals surface area contributed by atoms with Crippen LogP contribution in [0.2, 0.25) is 0 Å². The number of hydrogen-bond acceptors (Lipinski definition) is 7. The zero-order valence-electron chi connectivity index (χ0n) is 20.3. The van der Waals surface area contributed by atoms with Gasteiger partial charge < -0.3 is 19.5 Å². The average Bonchev–Trinajstić information content (AvgIpc) is 2.91. The van der Waals surface area contributed by atoms with Crippen molar-refractivity contribution >= 4 is 29.7 Å². The number of carbonyl (C=O) groups excluding carboxylic acids is 3. The molecule has 0 aromatic heterocycles. The van der Waals surface area contributed by atoms with Gasteiger partial charge in [-0.25, -0.2) is 14.6 Å². The first-order chi connectivity index (χ1) is 17.9. The summed E-state index contributed by atoms with van der Waals surface area (Å²) < 4.78 is 29.3. The Hall–Kier alpha value is -4.73. The Balaban J connectivity index is 1.56. The summed E-state index contributed by atoms with van der Waals surface area (Å²) in [7, 11) is 1.41. The molecule has 0 radical (unpaired) electrons. The molecule has 37 heavy (non-hydrogen) atoms. The van der Waals surface area contributed by atoms with Gasteiger partial charge in [-0.2, -0.15) is 5.10 Å². The summed E-state index contributed by atoms with van der Waals surface area (Å²) in [6, 6.07) is 16.2. The fourth-order valence-corrected chi connectivity index (χ4v) is 2.97. The number of benzene rings is 3. The molecule has 2 amide bonds. The number of nitrogens with one attached hydrogen (secondary N) is 2. The SMILES string of the molecule is CCCCOc1ccc(C(=O)Oc2ccc(C=NNC(=O)C(=O)Nc3ccc(F)cc3)cc2OC)cc1. The first-order valence-corrected chi connectivity index (χ1v) is 11.4. The van der Waals surface area contributed by atoms with Crippen LogP contribution in [0.3, 0.4) is 0 Å². The number of halogens is 1. The third-order valence-electron chi connectivity index (χ3n) is 4.94. The number of hydrazone groups is 1. The van der Waals surface area contributed by atoms with E-state index >= 15 is 0 Å². The summed E-state index contributed by atoms with van der Waals surface area (Å²) in [4.78, 5) is 36.4. The van der Waals surface area contributed by atoms with E-state index in [0.29, 0.717) is 23.5 Å². The summed E-state index contributed by atoms with van der Waals surface area (Å²) in [6.45, 7) is 2.69. The summed E-state index contributed by atoms with van der Waals surface area (Å²) in [5, 5.41) is 6.07. The number of methoxy groups -OCH3 is 1. The van der Waals surface area contributed by atoms with Crippen LogP contribution in [0.4, 0.5) is 10.1 Å². The molecule has 3 aromatic carbocycles. The first kappa shape index (κ1) is 26.9. The lowest BCUT2D eigenvalue weighted by molar-refractivity contribution is -0.136. The smallest absolute Gasteiger partial charge is 0.343 e. The highest BCUT2D eigenvalue weighted by Gasteiger charge is 2.14. The number of ether oxygens (including phenoxy) is 3. The number of anilines is 1. The average molecular weight is 508 g/mol. The minimum absolute atomic E-state index is 0.190. The third-order valence-corrected chi connectivity index (χ3v) is 4.94. The van der Waals surface area contributed by atoms with Gasteiger partial charge in [0.1, 0.15) is 11.6 Å². The van der Waals surface area contributed by atoms with Gasteiger partial charge in [-0.05, 0) is 78.7 Å². The highest BCUT2D eigenvalue weighted by atomic mass is 19.1. The molecule has 0 aliphatic carbocycles. The number of amides is 2. The number of hydrogen-bond donors (Lipinski definition) is 2. The molecule has 0 unspecified atom stereocenters. The molecule has 0 bridgehead atoms. The maximum atomic E-state index is 12.9. The van der Waals surface area contributed by atoms with Crippen LogP contribution in [-0.4, -0.2) is 37.7 Å². The minimum atomic E-state index is -1.01. The lowest BCUT2D eigenvalue weighted by Gasteiger charge is -2.10. The Morgan fingerprint density at radius 3 is 2.35 bits per heavy atom. The van der Waals surface area contributed by atoms with Crippen LogP contribution in [0.1, 0.15) is 35.7 Å². The molecule has 3 rings (SSSR count). The molecule has 3 aromatic rings. The maximum absolute atomic E-state index is 12.9. The zero-order valence-corrected chi connectivity index (χ0v) is 20.3. The molecule has 192 valence electrons. The van der Waals surface area contributed by atoms with Crippen LogP contribution < -0.4 is 25.0 Å². The van der Waals surface area contributed by atoms with Crippen LogP contribution in [0.15, 0.2) is 71.8 Å². The Bertz CT molecular complexity index is 1260. The highest BCUT2D eigenvalue weighted by molar-refractivity contribution is 6.39. The van der Waals surface area contributed by atoms with E-state index < -0.39 is 23.6 Å². The fraction of sp³-hybridized carbons (Fsp3) is 0.185. The molecule has 0 aliphatic rings. The number of carbonyl (C=O) groups is 3. The second kappa shape index (κ2) is 13.4. The Morgan fingerprint density at radius 1 is 0.946 bits per heavy atom. The van der Waals surface area contributed by atoms with Crippen LogP contribution in [0, 0.1) is 5.82 Å². The van der Waals surface area contributed by atoms with Crippen molar-refractivity contribution in [3.8, 4) is 17.2 Å². The van der Waals surface area contributed by atoms with Gasteiger partial charge in [-0.1, -0.05) is 13.3 Å². The van der Waals surface area contributed by atoms with Gasteiger partial charge >= 0.3 is 17.8 Å². The van der Waals surface area contributed by atoms with Gasteiger partial charge in [0.25, 0.3) is 0 Å². The molecule has 0 fully saturated rings. The van der Waals surface area contributed by atoms with Gasteiger partial charge in [0.15, 0.2) is 11.5 Å². The van der Waals surface area contributed by atoms with E-state index in [1.54, 1.807) is 36.4 Å². The molecule has 2 N–H and O–H groups in total. The van der Waals surface area contributed by atoms with E-state index in [9.17, 15) is 18.8 Å². The van der Waals surface area contributed by atoms with Crippen molar-refractivity contribution in [2.75, 3.05) is 19.0 Å². The predicted octanol–water partition coefficient (Wildman–Crippen LogP) is 4.32. The lowest BCUT2D eigenvalue weighted by Crippen LogP contribution is -2.32. The van der Waals surface area contributed by atoms with Crippen LogP contribution in [0.5, 0.6) is 17.2 Å². The van der Waals surface area contributed by atoms with E-state index in [0.717, 1.165) is 25.0 Å². The largest absolute Gasteiger partial charge is 0.494 e. The van der Waals surface area contributed by atoms with E-state index in [1.807, 2.05) is 0 Å². The summed E-state index contributed by atoms with van der Waals surface area (Å²) in [5.41, 5.74) is 3.21. The monoisotopic (exact) mass is 507 g/mol. The van der Waals surface area contributed by atoms with Crippen molar-refractivity contribution < 1.29 is 33.0 Å². The van der Waals surface area contributed by atoms with Crippen molar-refractivity contribution in [1.29, 1.82) is 0 Å². The van der Waals surface area contributed by atoms with Gasteiger partial charge in [-0.15, -0.1) is 0 Å². The van der Waals surface area contributed by atoms with Gasteiger partial charge in [0.05, 0.1) is 25.5 Å². The molecule has 0 spiro atoms. The zero-order chi connectivity index (χ0) is 26.6. The molecular formula is C27H26FN3O6. The number of unbranched alkanes of at least 4 members (excludes halogenated alkanes) is 1. The predicted molar refractivity (Wildman–Crippen MR) is 136 cm³/mol. The topological polar surface area (TPSA) is 115 Å². The molecule has 0 saturated carbocycles. The van der Waals surface area contributed by atoms with Crippen molar-refractivity contribution in [3.05, 3.63) is 83.7 Å². The van der Waals surface area contributed by atoms with Crippen molar-refractivity contribution in [3.63, 3.8) is 0 Å². The van der Waals surface area contributed by atoms with Crippen molar-refractivity contribution in [2.24, 2.45) is 5.10 Å². The van der Waals surface area contributed by atoms with E-state index in [4.69, 9.17) is 14.2 Å². The van der Waals surface area contributed by atoms with Crippen molar-refractivity contribution in [1.82, 2.24) is 5.43 Å². The molecule has 0 saturated heterocycles. The normalized spacial score (nSPS) is 10.6. The number of rotatable bonds is 10. The maximum Gasteiger partial charge on any atom is 0.343 e. The van der Waals surface area contributed by atoms with Crippen LogP contribution in [0.25, 0.3) is 0 Å². The standard InChI is InChI=1S/C27H26FN3O6/c1-3-4-15-36-22-12-6-19(7-13-22)27(34)37-23-14-5-18(16-24(23)35-2)17-29-31-26(33)25(32)30-21-10-8-20(28)9-11-21/h5-14,16-17H,3-4,15H2,1-2H3,(H,30,32)(H,31,33). The Kier molecular flexibility index (Phi) is 9.72. The quantitative estimate of drug-likeness (QED) is 0.105. The Morgan fingerprint density at radius 2 is 1.68 bits per heavy atom. The third kappa shape index (κ3) is 8.17. The molecule has 0 heterocycles. The van der Waals surface area contributed by atoms with Gasteiger partial charge in [0, 0.05) is 5.69 Å². The molecule has 0 atom stereocenters. The molecule has 9 nitrogen and oxygen atoms in total. The molecular weight excluding hydrogens is 481 g/mol. The summed E-state index contributed by atoms with van der Waals surface area (Å²) >= 11 is 0. The van der Waals surface area contributed by atoms with Gasteiger partial charge in [-0.3, -0.25) is 9.59 Å². The number of nitrogens with zero attached hydrogens (tertiary/aromatic N) is 1. The van der Waals surface area contributed by atoms with Gasteiger partial charge in [0.2, 0.25) is 0 Å². The fourth-order valence-electron chi connectivity index (χ4n) is 2.97. The second-order valence-corrected chi connectivity index (χ2v) is 7.69. The number of esters is 1. The van der Waals surface area contributed by atoms with Crippen molar-refractivity contribution in [2.45, 2.75) is 19.8 Å². The first-order valence-electron chi connectivity index (χ1n) is 11.4. The highest BCUT2D eigenvalue weighted by Crippen LogP contribution is 2.28. The van der Waals surface area contributed by atoms with Crippen LogP contribution in [-0.2, 0) is 9.59 Å². The summed E-state index contributed by atoms with van der Waals surface area (Å²) in [5.74, 6) is -1.90.